The summed E-state index contributed by atoms with van der Waals surface area (Å²) in [6, 6.07) is 4.93. The molecule has 17 heavy (non-hydrogen) atoms. The van der Waals surface area contributed by atoms with Crippen LogP contribution < -0.4 is 0 Å². The van der Waals surface area contributed by atoms with Gasteiger partial charge in [0.2, 0.25) is 0 Å². The van der Waals surface area contributed by atoms with Crippen LogP contribution in [0.3, 0.4) is 0 Å². The zero-order valence-corrected chi connectivity index (χ0v) is 10.8. The van der Waals surface area contributed by atoms with Crippen LogP contribution in [-0.2, 0) is 4.74 Å². The summed E-state index contributed by atoms with van der Waals surface area (Å²) in [7, 11) is 0. The van der Waals surface area contributed by atoms with E-state index in [0.717, 1.165) is 13.0 Å². The maximum Gasteiger partial charge on any atom is 0.137 e. The van der Waals surface area contributed by atoms with Crippen LogP contribution in [0.15, 0.2) is 23.1 Å². The van der Waals surface area contributed by atoms with Crippen LogP contribution in [0.5, 0.6) is 0 Å². The average Bonchev–Trinajstić information content (AvgIpc) is 2.67. The SMILES string of the molecule is CC1OCCC1Sc1ccc([C@@H](C)O)cc1F. The standard InChI is InChI=1S/C13H17FO2S/c1-8(15)10-3-4-13(11(14)7-10)17-12-5-6-16-9(12)2/h3-4,7-9,12,15H,5-6H2,1-2H3/t8-,9?,12?/m1/s1. The van der Waals surface area contributed by atoms with Gasteiger partial charge in [0.15, 0.2) is 0 Å². The molecule has 1 aromatic rings. The van der Waals surface area contributed by atoms with Crippen LogP contribution in [0.4, 0.5) is 4.39 Å². The Kier molecular flexibility index (Phi) is 4.07. The van der Waals surface area contributed by atoms with Gasteiger partial charge in [-0.15, -0.1) is 11.8 Å². The Labute approximate surface area is 105 Å². The Balaban J connectivity index is 2.11. The van der Waals surface area contributed by atoms with Crippen molar-refractivity contribution in [2.75, 3.05) is 6.61 Å². The lowest BCUT2D eigenvalue weighted by molar-refractivity contribution is 0.127. The molecule has 0 spiro atoms. The van der Waals surface area contributed by atoms with Crippen molar-refractivity contribution in [2.24, 2.45) is 0 Å². The number of aliphatic hydroxyl groups is 1. The van der Waals surface area contributed by atoms with Crippen molar-refractivity contribution in [3.8, 4) is 0 Å². The van der Waals surface area contributed by atoms with Crippen molar-refractivity contribution in [2.45, 2.75) is 42.6 Å². The van der Waals surface area contributed by atoms with Gasteiger partial charge in [-0.2, -0.15) is 0 Å². The van der Waals surface area contributed by atoms with Gasteiger partial charge >= 0.3 is 0 Å². The van der Waals surface area contributed by atoms with E-state index in [0.29, 0.717) is 15.7 Å². The van der Waals surface area contributed by atoms with Crippen LogP contribution >= 0.6 is 11.8 Å². The minimum atomic E-state index is -0.628. The summed E-state index contributed by atoms with van der Waals surface area (Å²) in [5.41, 5.74) is 0.613. The van der Waals surface area contributed by atoms with E-state index in [1.807, 2.05) is 6.92 Å². The lowest BCUT2D eigenvalue weighted by atomic mass is 10.1. The van der Waals surface area contributed by atoms with E-state index in [1.54, 1.807) is 19.1 Å². The van der Waals surface area contributed by atoms with Gasteiger partial charge in [0.05, 0.1) is 12.2 Å². The van der Waals surface area contributed by atoms with Crippen molar-refractivity contribution in [1.82, 2.24) is 0 Å². The molecule has 1 aliphatic rings. The van der Waals surface area contributed by atoms with Crippen molar-refractivity contribution >= 4 is 11.8 Å². The highest BCUT2D eigenvalue weighted by Crippen LogP contribution is 2.34. The Morgan fingerprint density at radius 2 is 2.29 bits per heavy atom. The Morgan fingerprint density at radius 1 is 1.53 bits per heavy atom. The molecule has 1 heterocycles. The first kappa shape index (κ1) is 12.9. The van der Waals surface area contributed by atoms with Crippen molar-refractivity contribution in [3.05, 3.63) is 29.6 Å². The highest BCUT2D eigenvalue weighted by molar-refractivity contribution is 8.00. The Bertz CT molecular complexity index is 395. The molecule has 1 aliphatic heterocycles. The zero-order chi connectivity index (χ0) is 12.4. The Hall–Kier alpha value is -0.580. The van der Waals surface area contributed by atoms with E-state index in [1.165, 1.54) is 17.8 Å². The number of hydrogen-bond acceptors (Lipinski definition) is 3. The number of ether oxygens (including phenoxy) is 1. The molecule has 1 aromatic carbocycles. The van der Waals surface area contributed by atoms with E-state index >= 15 is 0 Å². The predicted octanol–water partition coefficient (Wildman–Crippen LogP) is 3.15. The van der Waals surface area contributed by atoms with Gasteiger partial charge in [-0.1, -0.05) is 6.07 Å². The molecular formula is C13H17FO2S. The van der Waals surface area contributed by atoms with Gasteiger partial charge in [0.25, 0.3) is 0 Å². The number of thioether (sulfide) groups is 1. The number of halogens is 1. The molecule has 0 amide bonds. The van der Waals surface area contributed by atoms with Gasteiger partial charge in [-0.05, 0) is 38.0 Å². The normalized spacial score (nSPS) is 26.1. The van der Waals surface area contributed by atoms with Crippen LogP contribution in [0.1, 0.15) is 31.9 Å². The molecule has 94 valence electrons. The van der Waals surface area contributed by atoms with Gasteiger partial charge in [0.1, 0.15) is 5.82 Å². The molecule has 0 radical (unpaired) electrons. The average molecular weight is 256 g/mol. The van der Waals surface area contributed by atoms with E-state index in [9.17, 15) is 9.50 Å². The summed E-state index contributed by atoms with van der Waals surface area (Å²) in [6.45, 7) is 4.41. The van der Waals surface area contributed by atoms with Crippen LogP contribution in [0, 0.1) is 5.82 Å². The number of benzene rings is 1. The number of rotatable bonds is 3. The van der Waals surface area contributed by atoms with E-state index < -0.39 is 6.10 Å². The Morgan fingerprint density at radius 3 is 2.82 bits per heavy atom. The highest BCUT2D eigenvalue weighted by atomic mass is 32.2. The molecule has 2 nitrogen and oxygen atoms in total. The summed E-state index contributed by atoms with van der Waals surface area (Å²) in [4.78, 5) is 0.636. The van der Waals surface area contributed by atoms with Gasteiger partial charge in [-0.25, -0.2) is 4.39 Å². The van der Waals surface area contributed by atoms with Crippen LogP contribution in [0.25, 0.3) is 0 Å². The van der Waals surface area contributed by atoms with E-state index in [-0.39, 0.29) is 11.9 Å². The molecule has 0 saturated carbocycles. The fourth-order valence-corrected chi connectivity index (χ4v) is 3.03. The summed E-state index contributed by atoms with van der Waals surface area (Å²) in [5.74, 6) is -0.257. The molecule has 3 atom stereocenters. The fourth-order valence-electron chi connectivity index (χ4n) is 1.90. The van der Waals surface area contributed by atoms with Crippen molar-refractivity contribution < 1.29 is 14.2 Å². The maximum absolute atomic E-state index is 13.8. The smallest absolute Gasteiger partial charge is 0.137 e. The molecule has 0 bridgehead atoms. The number of aliphatic hydroxyl groups excluding tert-OH is 1. The maximum atomic E-state index is 13.8. The van der Waals surface area contributed by atoms with Gasteiger partial charge in [-0.3, -0.25) is 0 Å². The highest BCUT2D eigenvalue weighted by Gasteiger charge is 2.26. The molecule has 2 rings (SSSR count). The summed E-state index contributed by atoms with van der Waals surface area (Å²) in [6.07, 6.45) is 0.511. The quantitative estimate of drug-likeness (QED) is 0.901. The molecule has 1 fully saturated rings. The molecule has 1 saturated heterocycles. The first-order valence-corrected chi connectivity index (χ1v) is 6.71. The number of hydrogen-bond donors (Lipinski definition) is 1. The molecular weight excluding hydrogens is 239 g/mol. The zero-order valence-electron chi connectivity index (χ0n) is 10.0. The topological polar surface area (TPSA) is 29.5 Å². The molecule has 0 aromatic heterocycles. The molecule has 4 heteroatoms. The minimum Gasteiger partial charge on any atom is -0.389 e. The molecule has 0 aliphatic carbocycles. The third kappa shape index (κ3) is 3.00. The van der Waals surface area contributed by atoms with E-state index in [2.05, 4.69) is 0 Å². The monoisotopic (exact) mass is 256 g/mol. The first-order valence-electron chi connectivity index (χ1n) is 5.83. The summed E-state index contributed by atoms with van der Waals surface area (Å²) < 4.78 is 19.3. The largest absolute Gasteiger partial charge is 0.389 e. The third-order valence-corrected chi connectivity index (χ3v) is 4.53. The lowest BCUT2D eigenvalue weighted by Crippen LogP contribution is -2.13. The van der Waals surface area contributed by atoms with Crippen LogP contribution in [0.2, 0.25) is 0 Å². The second-order valence-electron chi connectivity index (χ2n) is 4.39. The van der Waals surface area contributed by atoms with Gasteiger partial charge in [0, 0.05) is 16.8 Å². The van der Waals surface area contributed by atoms with Crippen molar-refractivity contribution in [3.63, 3.8) is 0 Å². The second-order valence-corrected chi connectivity index (χ2v) is 5.67. The predicted molar refractivity (Wildman–Crippen MR) is 66.7 cm³/mol. The summed E-state index contributed by atoms with van der Waals surface area (Å²) in [5, 5.41) is 9.69. The molecule has 1 N–H and O–H groups in total. The second kappa shape index (κ2) is 5.38. The summed E-state index contributed by atoms with van der Waals surface area (Å²) >= 11 is 1.52. The van der Waals surface area contributed by atoms with Gasteiger partial charge < -0.3 is 9.84 Å². The van der Waals surface area contributed by atoms with Crippen molar-refractivity contribution in [1.29, 1.82) is 0 Å². The van der Waals surface area contributed by atoms with Crippen LogP contribution in [-0.4, -0.2) is 23.1 Å². The third-order valence-electron chi connectivity index (χ3n) is 3.02. The minimum absolute atomic E-state index is 0.177. The molecule has 2 unspecified atom stereocenters. The van der Waals surface area contributed by atoms with E-state index in [4.69, 9.17) is 4.74 Å². The fraction of sp³-hybridized carbons (Fsp3) is 0.538. The lowest BCUT2D eigenvalue weighted by Gasteiger charge is -2.14. The first-order chi connectivity index (χ1) is 8.08.